The molecule has 1 unspecified atom stereocenters. The van der Waals surface area contributed by atoms with Gasteiger partial charge in [-0.25, -0.2) is 12.8 Å². The molecule has 0 bridgehead atoms. The molecule has 1 aliphatic rings. The summed E-state index contributed by atoms with van der Waals surface area (Å²) in [5, 5.41) is 0. The van der Waals surface area contributed by atoms with Gasteiger partial charge in [0.05, 0.1) is 6.04 Å². The van der Waals surface area contributed by atoms with Crippen molar-refractivity contribution in [2.75, 3.05) is 12.3 Å². The Hall–Kier alpha value is -2.12. The molecule has 0 aromatic heterocycles. The minimum Gasteiger partial charge on any atom is -0.491 e. The lowest BCUT2D eigenvalue weighted by Crippen LogP contribution is -2.30. The van der Waals surface area contributed by atoms with Crippen molar-refractivity contribution < 1.29 is 17.5 Å². The molecule has 5 nitrogen and oxygen atoms in total. The van der Waals surface area contributed by atoms with Crippen molar-refractivity contribution in [1.29, 1.82) is 0 Å². The molecular weight excluding hydrogens is 295 g/mol. The highest BCUT2D eigenvalue weighted by molar-refractivity contribution is 7.89. The highest BCUT2D eigenvalue weighted by atomic mass is 32.2. The predicted molar refractivity (Wildman–Crippen MR) is 75.8 cm³/mol. The lowest BCUT2D eigenvalue weighted by atomic mass is 10.1. The van der Waals surface area contributed by atoms with E-state index >= 15 is 0 Å². The summed E-state index contributed by atoms with van der Waals surface area (Å²) in [6.45, 7) is 0.169. The van der Waals surface area contributed by atoms with E-state index in [0.717, 1.165) is 17.7 Å². The van der Waals surface area contributed by atoms with E-state index in [9.17, 15) is 12.8 Å². The van der Waals surface area contributed by atoms with Crippen molar-refractivity contribution in [2.24, 2.45) is 0 Å². The zero-order chi connectivity index (χ0) is 15.0. The number of nitrogens with one attached hydrogen (secondary N) is 1. The first-order valence-corrected chi connectivity index (χ1v) is 7.75. The van der Waals surface area contributed by atoms with Gasteiger partial charge in [-0.15, -0.1) is 0 Å². The van der Waals surface area contributed by atoms with Gasteiger partial charge in [0.15, 0.2) is 0 Å². The number of ether oxygens (including phenoxy) is 1. The van der Waals surface area contributed by atoms with E-state index in [1.165, 1.54) is 6.07 Å². The maximum Gasteiger partial charge on any atom is 0.244 e. The maximum absolute atomic E-state index is 13.7. The van der Waals surface area contributed by atoms with Crippen molar-refractivity contribution in [3.8, 4) is 5.75 Å². The summed E-state index contributed by atoms with van der Waals surface area (Å²) in [5.74, 6) is -0.220. The highest BCUT2D eigenvalue weighted by Crippen LogP contribution is 2.33. The van der Waals surface area contributed by atoms with Crippen LogP contribution in [-0.4, -0.2) is 15.0 Å². The predicted octanol–water partition coefficient (Wildman–Crippen LogP) is 1.82. The fraction of sp³-hybridized carbons (Fsp3) is 0.143. The topological polar surface area (TPSA) is 81.4 Å². The summed E-state index contributed by atoms with van der Waals surface area (Å²) in [6, 6.07) is 10.00. The quantitative estimate of drug-likeness (QED) is 0.848. The molecule has 2 aromatic carbocycles. The third-order valence-corrected chi connectivity index (χ3v) is 4.73. The number of sulfonamides is 1. The van der Waals surface area contributed by atoms with Crippen LogP contribution in [0.3, 0.4) is 0 Å². The summed E-state index contributed by atoms with van der Waals surface area (Å²) in [4.78, 5) is -0.466. The van der Waals surface area contributed by atoms with Gasteiger partial charge < -0.3 is 10.5 Å². The molecule has 3 N–H and O–H groups in total. The maximum atomic E-state index is 13.7. The summed E-state index contributed by atoms with van der Waals surface area (Å²) < 4.78 is 46.2. The Bertz CT molecular complexity index is 793. The Kier molecular flexibility index (Phi) is 3.30. The average molecular weight is 308 g/mol. The average Bonchev–Trinajstić information content (AvgIpc) is 2.84. The van der Waals surface area contributed by atoms with E-state index in [1.807, 2.05) is 0 Å². The lowest BCUT2D eigenvalue weighted by molar-refractivity contribution is 0.325. The van der Waals surface area contributed by atoms with Crippen LogP contribution in [0.2, 0.25) is 0 Å². The summed E-state index contributed by atoms with van der Waals surface area (Å²) in [6.07, 6.45) is 0. The smallest absolute Gasteiger partial charge is 0.244 e. The minimum atomic E-state index is -4.02. The van der Waals surface area contributed by atoms with E-state index < -0.39 is 26.8 Å². The molecule has 21 heavy (non-hydrogen) atoms. The van der Waals surface area contributed by atoms with Crippen molar-refractivity contribution in [3.05, 3.63) is 53.8 Å². The minimum absolute atomic E-state index is 0.169. The molecule has 7 heteroatoms. The third kappa shape index (κ3) is 2.57. The number of anilines is 1. The lowest BCUT2D eigenvalue weighted by Gasteiger charge is -2.13. The molecule has 0 aliphatic carbocycles. The van der Waals surface area contributed by atoms with Gasteiger partial charge in [-0.2, -0.15) is 4.72 Å². The zero-order valence-electron chi connectivity index (χ0n) is 10.9. The van der Waals surface area contributed by atoms with Gasteiger partial charge in [0.1, 0.15) is 23.1 Å². The largest absolute Gasteiger partial charge is 0.491 e. The van der Waals surface area contributed by atoms with Gasteiger partial charge >= 0.3 is 0 Å². The summed E-state index contributed by atoms with van der Waals surface area (Å²) in [5.41, 5.74) is 6.43. The number of nitrogens with two attached hydrogens (primary N) is 1. The molecule has 1 aliphatic heterocycles. The zero-order valence-corrected chi connectivity index (χ0v) is 11.7. The molecule has 0 fully saturated rings. The Morgan fingerprint density at radius 3 is 2.81 bits per heavy atom. The number of rotatable bonds is 3. The standard InChI is InChI=1S/C14H13FN2O3S/c15-11-6-5-9(16)7-14(11)21(18,19)17-12-8-20-13-4-2-1-3-10(12)13/h1-7,12,17H,8,16H2. The Labute approximate surface area is 121 Å². The van der Waals surface area contributed by atoms with E-state index in [0.29, 0.717) is 5.75 Å². The highest BCUT2D eigenvalue weighted by Gasteiger charge is 2.30. The number of hydrogen-bond donors (Lipinski definition) is 2. The number of fused-ring (bicyclic) bond motifs is 1. The number of hydrogen-bond acceptors (Lipinski definition) is 4. The van der Waals surface area contributed by atoms with E-state index in [2.05, 4.69) is 4.72 Å². The normalized spacial score (nSPS) is 17.3. The van der Waals surface area contributed by atoms with Crippen LogP contribution >= 0.6 is 0 Å². The number of nitrogen functional groups attached to an aromatic ring is 1. The summed E-state index contributed by atoms with van der Waals surface area (Å²) in [7, 11) is -4.02. The molecule has 1 heterocycles. The molecule has 0 saturated heterocycles. The Morgan fingerprint density at radius 2 is 2.00 bits per heavy atom. The Morgan fingerprint density at radius 1 is 1.24 bits per heavy atom. The van der Waals surface area contributed by atoms with Gasteiger partial charge in [0.25, 0.3) is 0 Å². The number of halogens is 1. The van der Waals surface area contributed by atoms with Gasteiger partial charge in [0.2, 0.25) is 10.0 Å². The fourth-order valence-electron chi connectivity index (χ4n) is 2.24. The van der Waals surface area contributed by atoms with Crippen LogP contribution in [-0.2, 0) is 10.0 Å². The van der Waals surface area contributed by atoms with Crippen LogP contribution in [0, 0.1) is 5.82 Å². The van der Waals surface area contributed by atoms with Gasteiger partial charge in [-0.3, -0.25) is 0 Å². The van der Waals surface area contributed by atoms with Gasteiger partial charge in [-0.05, 0) is 24.3 Å². The molecule has 110 valence electrons. The third-order valence-electron chi connectivity index (χ3n) is 3.24. The van der Waals surface area contributed by atoms with Crippen molar-refractivity contribution in [1.82, 2.24) is 4.72 Å². The first kappa shape index (κ1) is 13.8. The van der Waals surface area contributed by atoms with Crippen LogP contribution < -0.4 is 15.2 Å². The molecule has 0 saturated carbocycles. The number of benzene rings is 2. The van der Waals surface area contributed by atoms with E-state index in [1.54, 1.807) is 24.3 Å². The van der Waals surface area contributed by atoms with Gasteiger partial charge in [-0.1, -0.05) is 18.2 Å². The van der Waals surface area contributed by atoms with Crippen LogP contribution in [0.25, 0.3) is 0 Å². The molecule has 0 spiro atoms. The monoisotopic (exact) mass is 308 g/mol. The van der Waals surface area contributed by atoms with Crippen LogP contribution in [0.5, 0.6) is 5.75 Å². The van der Waals surface area contributed by atoms with Crippen molar-refractivity contribution in [3.63, 3.8) is 0 Å². The molecule has 1 atom stereocenters. The van der Waals surface area contributed by atoms with Crippen molar-refractivity contribution in [2.45, 2.75) is 10.9 Å². The van der Waals surface area contributed by atoms with Crippen LogP contribution in [0.4, 0.5) is 10.1 Å². The molecule has 2 aromatic rings. The molecule has 0 radical (unpaired) electrons. The second-order valence-electron chi connectivity index (χ2n) is 4.71. The second-order valence-corrected chi connectivity index (χ2v) is 6.39. The van der Waals surface area contributed by atoms with Crippen molar-refractivity contribution >= 4 is 15.7 Å². The molecule has 0 amide bonds. The van der Waals surface area contributed by atoms with E-state index in [4.69, 9.17) is 10.5 Å². The van der Waals surface area contributed by atoms with Crippen LogP contribution in [0.15, 0.2) is 47.4 Å². The Balaban J connectivity index is 1.93. The first-order chi connectivity index (χ1) is 9.97. The van der Waals surface area contributed by atoms with Gasteiger partial charge in [0, 0.05) is 11.3 Å². The molecule has 3 rings (SSSR count). The van der Waals surface area contributed by atoms with E-state index in [-0.39, 0.29) is 12.3 Å². The summed E-state index contributed by atoms with van der Waals surface area (Å²) >= 11 is 0. The SMILES string of the molecule is Nc1ccc(F)c(S(=O)(=O)NC2COc3ccccc32)c1. The second kappa shape index (κ2) is 5.01. The van der Waals surface area contributed by atoms with Crippen LogP contribution in [0.1, 0.15) is 11.6 Å². The number of para-hydroxylation sites is 1. The molecular formula is C14H13FN2O3S. The first-order valence-electron chi connectivity index (χ1n) is 6.26. The fourth-order valence-corrected chi connectivity index (χ4v) is 3.55.